The van der Waals surface area contributed by atoms with Crippen LogP contribution in [0.3, 0.4) is 0 Å². The summed E-state index contributed by atoms with van der Waals surface area (Å²) in [6, 6.07) is -0.620. The summed E-state index contributed by atoms with van der Waals surface area (Å²) >= 11 is 0. The van der Waals surface area contributed by atoms with Crippen molar-refractivity contribution in [2.75, 3.05) is 6.61 Å². The Bertz CT molecular complexity index is 632. The minimum absolute atomic E-state index is 0.0689. The van der Waals surface area contributed by atoms with Crippen LogP contribution in [0.2, 0.25) is 0 Å². The first kappa shape index (κ1) is 42.9. The number of hydrogen-bond acceptors (Lipinski definition) is 3. The van der Waals surface area contributed by atoms with Gasteiger partial charge in [0.1, 0.15) is 0 Å². The van der Waals surface area contributed by atoms with Crippen LogP contribution in [0.5, 0.6) is 0 Å². The predicted octanol–water partition coefficient (Wildman–Crippen LogP) is 11.7. The van der Waals surface area contributed by atoms with E-state index in [0.29, 0.717) is 6.42 Å². The number of amides is 1. The normalized spacial score (nSPS) is 13.3. The molecule has 260 valence electrons. The van der Waals surface area contributed by atoms with E-state index in [2.05, 4.69) is 31.3 Å². The molecule has 0 heterocycles. The van der Waals surface area contributed by atoms with Crippen molar-refractivity contribution in [3.05, 3.63) is 24.3 Å². The Balaban J connectivity index is 3.59. The molecule has 0 aliphatic carbocycles. The Morgan fingerprint density at radius 3 is 1.25 bits per heavy atom. The van der Waals surface area contributed by atoms with E-state index in [-0.39, 0.29) is 12.5 Å². The van der Waals surface area contributed by atoms with Gasteiger partial charge >= 0.3 is 0 Å². The van der Waals surface area contributed by atoms with Crippen LogP contribution in [-0.2, 0) is 4.79 Å². The first-order valence-corrected chi connectivity index (χ1v) is 19.6. The number of carbonyl (C=O) groups excluding carboxylic acids is 1. The Hall–Kier alpha value is -1.13. The van der Waals surface area contributed by atoms with E-state index >= 15 is 0 Å². The van der Waals surface area contributed by atoms with Crippen molar-refractivity contribution in [2.45, 2.75) is 219 Å². The van der Waals surface area contributed by atoms with Crippen molar-refractivity contribution < 1.29 is 15.0 Å². The van der Waals surface area contributed by atoms with Gasteiger partial charge in [-0.1, -0.05) is 179 Å². The number of carbonyl (C=O) groups is 1. The molecule has 0 fully saturated rings. The van der Waals surface area contributed by atoms with E-state index in [1.165, 1.54) is 161 Å². The minimum Gasteiger partial charge on any atom is -0.394 e. The lowest BCUT2D eigenvalue weighted by atomic mass is 10.0. The van der Waals surface area contributed by atoms with Crippen LogP contribution in [0.25, 0.3) is 0 Å². The van der Waals surface area contributed by atoms with Crippen molar-refractivity contribution in [1.82, 2.24) is 5.32 Å². The number of rotatable bonds is 35. The molecule has 1 amide bonds. The molecule has 0 spiro atoms. The van der Waals surface area contributed by atoms with Gasteiger partial charge in [0, 0.05) is 6.42 Å². The Labute approximate surface area is 275 Å². The van der Waals surface area contributed by atoms with Gasteiger partial charge in [0.25, 0.3) is 0 Å². The van der Waals surface area contributed by atoms with Crippen molar-refractivity contribution in [1.29, 1.82) is 0 Å². The first-order chi connectivity index (χ1) is 21.7. The van der Waals surface area contributed by atoms with Gasteiger partial charge in [-0.3, -0.25) is 4.79 Å². The second kappa shape index (κ2) is 36.3. The third-order valence-corrected chi connectivity index (χ3v) is 8.93. The van der Waals surface area contributed by atoms with E-state index in [0.717, 1.165) is 25.7 Å². The largest absolute Gasteiger partial charge is 0.394 e. The van der Waals surface area contributed by atoms with Gasteiger partial charge < -0.3 is 15.5 Å². The molecule has 44 heavy (non-hydrogen) atoms. The van der Waals surface area contributed by atoms with Crippen LogP contribution in [0.4, 0.5) is 0 Å². The summed E-state index contributed by atoms with van der Waals surface area (Å²) in [5.41, 5.74) is 0. The number of nitrogens with one attached hydrogen (secondary N) is 1. The zero-order valence-corrected chi connectivity index (χ0v) is 29.7. The first-order valence-electron chi connectivity index (χ1n) is 19.6. The lowest BCUT2D eigenvalue weighted by Gasteiger charge is -2.20. The van der Waals surface area contributed by atoms with Gasteiger partial charge in [-0.05, 0) is 44.9 Å². The van der Waals surface area contributed by atoms with Crippen molar-refractivity contribution in [3.63, 3.8) is 0 Å². The molecule has 4 nitrogen and oxygen atoms in total. The van der Waals surface area contributed by atoms with E-state index in [4.69, 9.17) is 0 Å². The summed E-state index contributed by atoms with van der Waals surface area (Å²) in [7, 11) is 0. The molecule has 0 aromatic carbocycles. The quantitative estimate of drug-likeness (QED) is 0.0488. The van der Waals surface area contributed by atoms with E-state index in [1.807, 2.05) is 6.08 Å². The van der Waals surface area contributed by atoms with Gasteiger partial charge in [-0.25, -0.2) is 0 Å². The number of unbranched alkanes of at least 4 members (excludes halogenated alkanes) is 26. The lowest BCUT2D eigenvalue weighted by molar-refractivity contribution is -0.123. The number of allylic oxidation sites excluding steroid dienone is 3. The van der Waals surface area contributed by atoms with Gasteiger partial charge in [-0.15, -0.1) is 0 Å². The van der Waals surface area contributed by atoms with E-state index < -0.39 is 12.1 Å². The molecule has 0 aliphatic rings. The van der Waals surface area contributed by atoms with Gasteiger partial charge in [0.15, 0.2) is 0 Å². The van der Waals surface area contributed by atoms with Crippen LogP contribution in [0, 0.1) is 0 Å². The van der Waals surface area contributed by atoms with Crippen LogP contribution in [0.15, 0.2) is 24.3 Å². The van der Waals surface area contributed by atoms with Gasteiger partial charge in [0.2, 0.25) is 5.91 Å². The highest BCUT2D eigenvalue weighted by atomic mass is 16.3. The Kier molecular flexibility index (Phi) is 35.4. The summed E-state index contributed by atoms with van der Waals surface area (Å²) in [5, 5.41) is 22.9. The fraction of sp³-hybridized carbons (Fsp3) is 0.875. The molecule has 0 aromatic heterocycles. The maximum Gasteiger partial charge on any atom is 0.220 e. The van der Waals surface area contributed by atoms with Crippen molar-refractivity contribution in [3.8, 4) is 0 Å². The molecule has 2 unspecified atom stereocenters. The molecule has 2 atom stereocenters. The maximum absolute atomic E-state index is 12.3. The average Bonchev–Trinajstić information content (AvgIpc) is 3.03. The van der Waals surface area contributed by atoms with Crippen LogP contribution < -0.4 is 5.32 Å². The molecule has 0 saturated carbocycles. The van der Waals surface area contributed by atoms with Crippen LogP contribution in [-0.4, -0.2) is 34.9 Å². The van der Waals surface area contributed by atoms with Gasteiger partial charge in [0.05, 0.1) is 18.8 Å². The lowest BCUT2D eigenvalue weighted by Crippen LogP contribution is -2.45. The van der Waals surface area contributed by atoms with Crippen molar-refractivity contribution >= 4 is 5.91 Å². The van der Waals surface area contributed by atoms with Crippen molar-refractivity contribution in [2.24, 2.45) is 0 Å². The molecule has 0 saturated heterocycles. The Morgan fingerprint density at radius 1 is 0.523 bits per heavy atom. The fourth-order valence-corrected chi connectivity index (χ4v) is 5.88. The average molecular weight is 620 g/mol. The second-order valence-electron chi connectivity index (χ2n) is 13.3. The molecule has 4 heteroatoms. The Morgan fingerprint density at radius 2 is 0.864 bits per heavy atom. The summed E-state index contributed by atoms with van der Waals surface area (Å²) in [4.78, 5) is 12.3. The van der Waals surface area contributed by atoms with Crippen LogP contribution in [0.1, 0.15) is 206 Å². The third-order valence-electron chi connectivity index (χ3n) is 8.93. The molecule has 3 N–H and O–H groups in total. The number of aliphatic hydroxyl groups excluding tert-OH is 2. The minimum atomic E-state index is -0.836. The predicted molar refractivity (Wildman–Crippen MR) is 193 cm³/mol. The molecular formula is C40H77NO3. The third kappa shape index (κ3) is 32.3. The van der Waals surface area contributed by atoms with Gasteiger partial charge in [-0.2, -0.15) is 0 Å². The SMILES string of the molecule is CCCCCCCCCC/C=C\CCCCCCCCCC(=O)NC(CO)C(O)/C=C/CCCCCCCCCCCCC. The number of aliphatic hydroxyl groups is 2. The zero-order chi connectivity index (χ0) is 32.2. The van der Waals surface area contributed by atoms with E-state index in [1.54, 1.807) is 6.08 Å². The summed E-state index contributed by atoms with van der Waals surface area (Å²) in [6.07, 6.45) is 45.5. The topological polar surface area (TPSA) is 69.6 Å². The highest BCUT2D eigenvalue weighted by molar-refractivity contribution is 5.76. The summed E-state index contributed by atoms with van der Waals surface area (Å²) in [6.45, 7) is 4.30. The highest BCUT2D eigenvalue weighted by Gasteiger charge is 2.17. The molecule has 0 aliphatic heterocycles. The molecular weight excluding hydrogens is 542 g/mol. The summed E-state index contributed by atoms with van der Waals surface area (Å²) in [5.74, 6) is -0.0689. The monoisotopic (exact) mass is 620 g/mol. The maximum atomic E-state index is 12.3. The second-order valence-corrected chi connectivity index (χ2v) is 13.3. The zero-order valence-electron chi connectivity index (χ0n) is 29.7. The van der Waals surface area contributed by atoms with E-state index in [9.17, 15) is 15.0 Å². The fourth-order valence-electron chi connectivity index (χ4n) is 5.88. The van der Waals surface area contributed by atoms with Crippen LogP contribution >= 0.6 is 0 Å². The number of hydrogen-bond donors (Lipinski definition) is 3. The smallest absolute Gasteiger partial charge is 0.220 e. The summed E-state index contributed by atoms with van der Waals surface area (Å²) < 4.78 is 0. The molecule has 0 aromatic rings. The molecule has 0 bridgehead atoms. The highest BCUT2D eigenvalue weighted by Crippen LogP contribution is 2.14. The molecule has 0 radical (unpaired) electrons. The standard InChI is InChI=1S/C40H77NO3/c1-3-5-7-9-11-13-15-17-18-19-20-21-22-24-26-28-30-32-34-36-40(44)41-38(37-42)39(43)35-33-31-29-27-25-23-16-14-12-10-8-6-4-2/h19-20,33,35,38-39,42-43H,3-18,21-32,34,36-37H2,1-2H3,(H,41,44)/b20-19-,35-33+. The molecule has 0 rings (SSSR count).